The van der Waals surface area contributed by atoms with Crippen LogP contribution in [-0.2, 0) is 9.53 Å². The van der Waals surface area contributed by atoms with Crippen molar-refractivity contribution in [3.8, 4) is 11.5 Å². The molecule has 4 heteroatoms. The van der Waals surface area contributed by atoms with E-state index in [4.69, 9.17) is 14.2 Å². The van der Waals surface area contributed by atoms with E-state index in [-0.39, 0.29) is 5.97 Å². The van der Waals surface area contributed by atoms with Crippen LogP contribution < -0.4 is 9.47 Å². The number of hydrogen-bond acceptors (Lipinski definition) is 4. The number of carbonyl (C=O) groups is 1. The van der Waals surface area contributed by atoms with Crippen LogP contribution in [0.4, 0.5) is 0 Å². The van der Waals surface area contributed by atoms with Crippen LogP contribution in [0.1, 0.15) is 19.8 Å². The molecule has 1 rings (SSSR count). The minimum atomic E-state index is -0.179. The summed E-state index contributed by atoms with van der Waals surface area (Å²) in [7, 11) is 1.61. The van der Waals surface area contributed by atoms with Crippen molar-refractivity contribution >= 4 is 5.97 Å². The van der Waals surface area contributed by atoms with Gasteiger partial charge in [0.15, 0.2) is 0 Å². The topological polar surface area (TPSA) is 44.8 Å². The molecule has 0 aromatic heterocycles. The highest BCUT2D eigenvalue weighted by atomic mass is 16.5. The lowest BCUT2D eigenvalue weighted by atomic mass is 10.3. The number of methoxy groups -OCH3 is 1. The van der Waals surface area contributed by atoms with E-state index in [1.54, 1.807) is 14.0 Å². The van der Waals surface area contributed by atoms with E-state index in [0.717, 1.165) is 11.5 Å². The first-order valence-electron chi connectivity index (χ1n) is 5.68. The van der Waals surface area contributed by atoms with E-state index >= 15 is 0 Å². The maximum absolute atomic E-state index is 11.1. The van der Waals surface area contributed by atoms with Crippen LogP contribution in [0, 0.1) is 0 Å². The maximum atomic E-state index is 11.1. The fourth-order valence-electron chi connectivity index (χ4n) is 1.33. The highest BCUT2D eigenvalue weighted by molar-refractivity contribution is 5.69. The summed E-state index contributed by atoms with van der Waals surface area (Å²) in [5.41, 5.74) is 0. The summed E-state index contributed by atoms with van der Waals surface area (Å²) in [4.78, 5) is 11.1. The minimum absolute atomic E-state index is 0.179. The van der Waals surface area contributed by atoms with Crippen molar-refractivity contribution in [2.75, 3.05) is 20.3 Å². The molecule has 17 heavy (non-hydrogen) atoms. The molecule has 0 fully saturated rings. The zero-order valence-corrected chi connectivity index (χ0v) is 10.3. The third-order valence-corrected chi connectivity index (χ3v) is 2.14. The van der Waals surface area contributed by atoms with Gasteiger partial charge >= 0.3 is 5.97 Å². The molecule has 0 aliphatic heterocycles. The molecule has 94 valence electrons. The molecule has 0 unspecified atom stereocenters. The Labute approximate surface area is 101 Å². The molecule has 0 amide bonds. The Morgan fingerprint density at radius 3 is 2.76 bits per heavy atom. The van der Waals surface area contributed by atoms with Crippen molar-refractivity contribution < 1.29 is 19.0 Å². The van der Waals surface area contributed by atoms with Crippen LogP contribution in [0.25, 0.3) is 0 Å². The van der Waals surface area contributed by atoms with E-state index in [2.05, 4.69) is 0 Å². The van der Waals surface area contributed by atoms with E-state index in [9.17, 15) is 4.79 Å². The largest absolute Gasteiger partial charge is 0.497 e. The van der Waals surface area contributed by atoms with Crippen molar-refractivity contribution in [2.45, 2.75) is 19.8 Å². The summed E-state index contributed by atoms with van der Waals surface area (Å²) in [6.07, 6.45) is 1.04. The van der Waals surface area contributed by atoms with Gasteiger partial charge in [-0.25, -0.2) is 0 Å². The Hall–Kier alpha value is -1.71. The lowest BCUT2D eigenvalue weighted by Crippen LogP contribution is -2.06. The molecular formula is C13H18O4. The van der Waals surface area contributed by atoms with Gasteiger partial charge in [0.1, 0.15) is 11.5 Å². The first-order chi connectivity index (χ1) is 8.26. The molecule has 0 saturated carbocycles. The van der Waals surface area contributed by atoms with Crippen molar-refractivity contribution in [3.05, 3.63) is 24.3 Å². The zero-order valence-electron chi connectivity index (χ0n) is 10.3. The van der Waals surface area contributed by atoms with E-state index in [0.29, 0.717) is 26.1 Å². The summed E-state index contributed by atoms with van der Waals surface area (Å²) >= 11 is 0. The first-order valence-corrected chi connectivity index (χ1v) is 5.68. The van der Waals surface area contributed by atoms with Crippen LogP contribution in [0.2, 0.25) is 0 Å². The number of hydrogen-bond donors (Lipinski definition) is 0. The van der Waals surface area contributed by atoms with E-state index < -0.39 is 0 Å². The van der Waals surface area contributed by atoms with Gasteiger partial charge in [-0.05, 0) is 25.5 Å². The van der Waals surface area contributed by atoms with Gasteiger partial charge in [-0.3, -0.25) is 4.79 Å². The molecule has 4 nitrogen and oxygen atoms in total. The van der Waals surface area contributed by atoms with Gasteiger partial charge < -0.3 is 14.2 Å². The molecule has 0 radical (unpaired) electrons. The maximum Gasteiger partial charge on any atom is 0.305 e. The first kappa shape index (κ1) is 13.4. The van der Waals surface area contributed by atoms with Crippen LogP contribution in [-0.4, -0.2) is 26.3 Å². The number of ether oxygens (including phenoxy) is 3. The normalized spacial score (nSPS) is 9.76. The molecule has 0 saturated heterocycles. The van der Waals surface area contributed by atoms with Crippen LogP contribution in [0.3, 0.4) is 0 Å². The predicted molar refractivity (Wildman–Crippen MR) is 64.4 cm³/mol. The Morgan fingerprint density at radius 2 is 2.06 bits per heavy atom. The van der Waals surface area contributed by atoms with E-state index in [1.165, 1.54) is 0 Å². The number of rotatable bonds is 7. The Balaban J connectivity index is 2.24. The minimum Gasteiger partial charge on any atom is -0.497 e. The smallest absolute Gasteiger partial charge is 0.305 e. The van der Waals surface area contributed by atoms with Gasteiger partial charge in [-0.15, -0.1) is 0 Å². The highest BCUT2D eigenvalue weighted by Crippen LogP contribution is 2.18. The van der Waals surface area contributed by atoms with Gasteiger partial charge in [0.2, 0.25) is 0 Å². The molecule has 1 aromatic rings. The number of benzene rings is 1. The summed E-state index contributed by atoms with van der Waals surface area (Å²) in [5, 5.41) is 0. The summed E-state index contributed by atoms with van der Waals surface area (Å²) in [6.45, 7) is 2.71. The lowest BCUT2D eigenvalue weighted by Gasteiger charge is -2.07. The quantitative estimate of drug-likeness (QED) is 0.540. The van der Waals surface area contributed by atoms with Crippen molar-refractivity contribution in [1.29, 1.82) is 0 Å². The Bertz CT molecular complexity index is 349. The molecule has 0 bridgehead atoms. The number of esters is 1. The fraction of sp³-hybridized carbons (Fsp3) is 0.462. The van der Waals surface area contributed by atoms with E-state index in [1.807, 2.05) is 24.3 Å². The average molecular weight is 238 g/mol. The van der Waals surface area contributed by atoms with Gasteiger partial charge in [0.05, 0.1) is 20.3 Å². The highest BCUT2D eigenvalue weighted by Gasteiger charge is 2.01. The Kier molecular flexibility index (Phi) is 5.93. The SMILES string of the molecule is CCOC(=O)CCCOc1cccc(OC)c1. The van der Waals surface area contributed by atoms with Crippen molar-refractivity contribution in [2.24, 2.45) is 0 Å². The summed E-state index contributed by atoms with van der Waals surface area (Å²) in [5.74, 6) is 1.32. The summed E-state index contributed by atoms with van der Waals surface area (Å²) in [6, 6.07) is 7.38. The second-order valence-electron chi connectivity index (χ2n) is 3.44. The van der Waals surface area contributed by atoms with Crippen LogP contribution >= 0.6 is 0 Å². The molecule has 0 heterocycles. The third kappa shape index (κ3) is 5.24. The molecule has 0 aliphatic carbocycles. The second kappa shape index (κ2) is 7.54. The van der Waals surface area contributed by atoms with Gasteiger partial charge in [0, 0.05) is 12.5 Å². The lowest BCUT2D eigenvalue weighted by molar-refractivity contribution is -0.143. The second-order valence-corrected chi connectivity index (χ2v) is 3.44. The molecule has 0 spiro atoms. The number of carbonyl (C=O) groups excluding carboxylic acids is 1. The van der Waals surface area contributed by atoms with Gasteiger partial charge in [-0.1, -0.05) is 6.07 Å². The third-order valence-electron chi connectivity index (χ3n) is 2.14. The summed E-state index contributed by atoms with van der Waals surface area (Å²) < 4.78 is 15.4. The molecular weight excluding hydrogens is 220 g/mol. The van der Waals surface area contributed by atoms with Crippen LogP contribution in [0.15, 0.2) is 24.3 Å². The molecule has 0 atom stereocenters. The van der Waals surface area contributed by atoms with Gasteiger partial charge in [0.25, 0.3) is 0 Å². The Morgan fingerprint density at radius 1 is 1.29 bits per heavy atom. The molecule has 0 aliphatic rings. The fourth-order valence-corrected chi connectivity index (χ4v) is 1.33. The average Bonchev–Trinajstić information content (AvgIpc) is 2.35. The zero-order chi connectivity index (χ0) is 12.5. The predicted octanol–water partition coefficient (Wildman–Crippen LogP) is 2.42. The standard InChI is InChI=1S/C13H18O4/c1-3-16-13(14)8-5-9-17-12-7-4-6-11(10-12)15-2/h4,6-7,10H,3,5,8-9H2,1-2H3. The van der Waals surface area contributed by atoms with Crippen LogP contribution in [0.5, 0.6) is 11.5 Å². The monoisotopic (exact) mass is 238 g/mol. The van der Waals surface area contributed by atoms with Crippen molar-refractivity contribution in [3.63, 3.8) is 0 Å². The molecule has 0 N–H and O–H groups in total. The van der Waals surface area contributed by atoms with Crippen molar-refractivity contribution in [1.82, 2.24) is 0 Å². The van der Waals surface area contributed by atoms with Gasteiger partial charge in [-0.2, -0.15) is 0 Å². The molecule has 1 aromatic carbocycles.